The van der Waals surface area contributed by atoms with Gasteiger partial charge in [0.05, 0.1) is 5.56 Å². The monoisotopic (exact) mass is 520 g/mol. The predicted molar refractivity (Wildman–Crippen MR) is 147 cm³/mol. The zero-order valence-corrected chi connectivity index (χ0v) is 22.1. The van der Waals surface area contributed by atoms with Gasteiger partial charge in [0, 0.05) is 37.9 Å². The van der Waals surface area contributed by atoms with Gasteiger partial charge in [-0.2, -0.15) is 0 Å². The minimum absolute atomic E-state index is 0. The van der Waals surface area contributed by atoms with Gasteiger partial charge in [-0.3, -0.25) is 14.2 Å². The van der Waals surface area contributed by atoms with E-state index in [4.69, 9.17) is 0 Å². The molecular formula is C28H36N6O2S. The Morgan fingerprint density at radius 2 is 1.97 bits per heavy atom. The maximum Gasteiger partial charge on any atom is 0.254 e. The highest BCUT2D eigenvalue weighted by molar-refractivity contribution is 7.17. The number of nitrogens with one attached hydrogen (secondary N) is 2. The van der Waals surface area contributed by atoms with E-state index < -0.39 is 0 Å². The molecule has 6 rings (SSSR count). The summed E-state index contributed by atoms with van der Waals surface area (Å²) in [5, 5.41) is 15.8. The second-order valence-corrected chi connectivity index (χ2v) is 11.7. The van der Waals surface area contributed by atoms with Gasteiger partial charge in [-0.15, -0.1) is 21.5 Å². The summed E-state index contributed by atoms with van der Waals surface area (Å²) in [6, 6.07) is 10.6. The number of aromatic nitrogens is 3. The normalized spacial score (nSPS) is 18.8. The van der Waals surface area contributed by atoms with Crippen LogP contribution >= 0.6 is 11.3 Å². The maximum absolute atomic E-state index is 13.4. The molecule has 8 nitrogen and oxygen atoms in total. The average molecular weight is 521 g/mol. The van der Waals surface area contributed by atoms with E-state index in [2.05, 4.69) is 61.5 Å². The third-order valence-corrected chi connectivity index (χ3v) is 8.93. The summed E-state index contributed by atoms with van der Waals surface area (Å²) in [6.45, 7) is 4.43. The van der Waals surface area contributed by atoms with E-state index in [1.54, 1.807) is 11.3 Å². The van der Waals surface area contributed by atoms with E-state index >= 15 is 0 Å². The van der Waals surface area contributed by atoms with Crippen LogP contribution in [0.3, 0.4) is 0 Å². The van der Waals surface area contributed by atoms with Gasteiger partial charge < -0.3 is 15.5 Å². The highest BCUT2D eigenvalue weighted by Gasteiger charge is 2.35. The number of rotatable bonds is 10. The number of anilines is 2. The van der Waals surface area contributed by atoms with Crippen molar-refractivity contribution in [3.8, 4) is 0 Å². The molecule has 0 unspecified atom stereocenters. The van der Waals surface area contributed by atoms with Crippen LogP contribution < -0.4 is 15.5 Å². The first-order chi connectivity index (χ1) is 18.1. The third kappa shape index (κ3) is 5.28. The number of thiophene rings is 1. The molecule has 2 aromatic heterocycles. The largest absolute Gasteiger partial charge is 0.352 e. The average Bonchev–Trinajstić information content (AvgIpc) is 3.85. The fraction of sp³-hybridized carbons (Fsp3) is 0.500. The first-order valence-electron chi connectivity index (χ1n) is 13.5. The van der Waals surface area contributed by atoms with Crippen LogP contribution in [-0.2, 0) is 24.2 Å². The van der Waals surface area contributed by atoms with Gasteiger partial charge in [0.15, 0.2) is 0 Å². The Morgan fingerprint density at radius 3 is 2.70 bits per heavy atom. The Labute approximate surface area is 223 Å². The van der Waals surface area contributed by atoms with Crippen LogP contribution in [0.15, 0.2) is 36.7 Å². The highest BCUT2D eigenvalue weighted by atomic mass is 32.1. The number of fused-ring (bicyclic) bond motifs is 1. The standard InChI is InChI=1S/C28H34N6O2S.H2/c1-2-33(16-19-6-4-3-5-7-19)28-32-30-17-34(28)21-12-13-23-22(14-21)24(26(36)29-15-18-8-9-18)27(37-23)31-25(35)20-10-11-20;/h3-7,17-18,20-21H,2,8-16H2,1H3,(H,29,36)(H,31,35);1H/t21-;/m0./s1. The molecule has 1 aromatic carbocycles. The zero-order chi connectivity index (χ0) is 25.4. The molecule has 2 saturated carbocycles. The number of hydrogen-bond acceptors (Lipinski definition) is 6. The Kier molecular flexibility index (Phi) is 6.71. The summed E-state index contributed by atoms with van der Waals surface area (Å²) in [5.41, 5.74) is 2.98. The molecule has 2 fully saturated rings. The molecule has 9 heteroatoms. The fourth-order valence-corrected chi connectivity index (χ4v) is 6.43. The maximum atomic E-state index is 13.4. The van der Waals surface area contributed by atoms with E-state index in [0.717, 1.165) is 61.7 Å². The van der Waals surface area contributed by atoms with Gasteiger partial charge in [0.1, 0.15) is 11.3 Å². The van der Waals surface area contributed by atoms with Crippen molar-refractivity contribution in [3.63, 3.8) is 0 Å². The Hall–Kier alpha value is -3.20. The topological polar surface area (TPSA) is 92.2 Å². The van der Waals surface area contributed by atoms with Gasteiger partial charge in [-0.25, -0.2) is 0 Å². The van der Waals surface area contributed by atoms with Gasteiger partial charge in [-0.1, -0.05) is 30.3 Å². The second kappa shape index (κ2) is 10.3. The van der Waals surface area contributed by atoms with Crippen LogP contribution in [0, 0.1) is 11.8 Å². The van der Waals surface area contributed by atoms with Gasteiger partial charge in [-0.05, 0) is 68.9 Å². The lowest BCUT2D eigenvalue weighted by molar-refractivity contribution is -0.117. The molecule has 0 aliphatic heterocycles. The summed E-state index contributed by atoms with van der Waals surface area (Å²) < 4.78 is 2.18. The van der Waals surface area contributed by atoms with E-state index in [-0.39, 0.29) is 25.2 Å². The lowest BCUT2D eigenvalue weighted by atomic mass is 9.91. The van der Waals surface area contributed by atoms with Crippen LogP contribution in [0.2, 0.25) is 0 Å². The predicted octanol–water partition coefficient (Wildman–Crippen LogP) is 4.83. The minimum atomic E-state index is -0.0561. The minimum Gasteiger partial charge on any atom is -0.352 e. The number of nitrogens with zero attached hydrogens (tertiary/aromatic N) is 4. The zero-order valence-electron chi connectivity index (χ0n) is 21.3. The van der Waals surface area contributed by atoms with Crippen molar-refractivity contribution in [2.24, 2.45) is 11.8 Å². The van der Waals surface area contributed by atoms with E-state index in [1.807, 2.05) is 12.4 Å². The van der Waals surface area contributed by atoms with Crippen LogP contribution in [0.5, 0.6) is 0 Å². The third-order valence-electron chi connectivity index (χ3n) is 7.72. The molecule has 0 bridgehead atoms. The van der Waals surface area contributed by atoms with Crippen LogP contribution in [-0.4, -0.2) is 39.7 Å². The van der Waals surface area contributed by atoms with Gasteiger partial charge >= 0.3 is 0 Å². The van der Waals surface area contributed by atoms with Crippen molar-refractivity contribution in [1.29, 1.82) is 0 Å². The van der Waals surface area contributed by atoms with Crippen LogP contribution in [0.25, 0.3) is 0 Å². The molecule has 3 aliphatic carbocycles. The number of benzene rings is 1. The van der Waals surface area contributed by atoms with Crippen molar-refractivity contribution in [3.05, 3.63) is 58.2 Å². The molecule has 1 atom stereocenters. The molecular weight excluding hydrogens is 484 g/mol. The first-order valence-corrected chi connectivity index (χ1v) is 14.3. The Balaban J connectivity index is 0.00000294. The molecule has 37 heavy (non-hydrogen) atoms. The lowest BCUT2D eigenvalue weighted by Gasteiger charge is -2.29. The number of amides is 2. The molecule has 2 amide bonds. The van der Waals surface area contributed by atoms with Crippen LogP contribution in [0.1, 0.15) is 72.9 Å². The van der Waals surface area contributed by atoms with Crippen molar-refractivity contribution in [2.75, 3.05) is 23.3 Å². The van der Waals surface area contributed by atoms with Gasteiger partial charge in [0.25, 0.3) is 5.91 Å². The Bertz CT molecular complexity index is 1280. The molecule has 0 radical (unpaired) electrons. The summed E-state index contributed by atoms with van der Waals surface area (Å²) in [7, 11) is 0. The molecule has 0 spiro atoms. The first kappa shape index (κ1) is 24.2. The van der Waals surface area contributed by atoms with E-state index in [9.17, 15) is 9.59 Å². The van der Waals surface area contributed by atoms with Crippen molar-refractivity contribution in [1.82, 2.24) is 20.1 Å². The summed E-state index contributed by atoms with van der Waals surface area (Å²) >= 11 is 1.59. The second-order valence-electron chi connectivity index (χ2n) is 10.6. The van der Waals surface area contributed by atoms with E-state index in [1.165, 1.54) is 23.3 Å². The number of carbonyl (C=O) groups is 2. The van der Waals surface area contributed by atoms with Crippen LogP contribution in [0.4, 0.5) is 10.9 Å². The fourth-order valence-electron chi connectivity index (χ4n) is 5.19. The molecule has 3 aliphatic rings. The van der Waals surface area contributed by atoms with Crippen molar-refractivity contribution >= 4 is 34.1 Å². The molecule has 2 heterocycles. The molecule has 3 aromatic rings. The number of hydrogen-bond donors (Lipinski definition) is 2. The molecule has 2 N–H and O–H groups in total. The van der Waals surface area contributed by atoms with E-state index in [0.29, 0.717) is 18.0 Å². The SMILES string of the molecule is CCN(Cc1ccccc1)c1nncn1[C@H]1CCc2sc(NC(=O)C3CC3)c(C(=O)NCC3CC3)c2C1.[HH]. The van der Waals surface area contributed by atoms with Gasteiger partial charge in [0.2, 0.25) is 11.9 Å². The lowest BCUT2D eigenvalue weighted by Crippen LogP contribution is -2.30. The Morgan fingerprint density at radius 1 is 1.16 bits per heavy atom. The highest BCUT2D eigenvalue weighted by Crippen LogP contribution is 2.43. The number of carbonyl (C=O) groups excluding carboxylic acids is 2. The quantitative estimate of drug-likeness (QED) is 0.400. The number of aryl methyl sites for hydroxylation is 1. The molecule has 0 saturated heterocycles. The smallest absolute Gasteiger partial charge is 0.254 e. The summed E-state index contributed by atoms with van der Waals surface area (Å²) in [4.78, 5) is 29.5. The van der Waals surface area contributed by atoms with Crippen molar-refractivity contribution in [2.45, 2.75) is 64.5 Å². The summed E-state index contributed by atoms with van der Waals surface area (Å²) in [6.07, 6.45) is 8.62. The molecule has 196 valence electrons. The summed E-state index contributed by atoms with van der Waals surface area (Å²) in [5.74, 6) is 1.54. The van der Waals surface area contributed by atoms with Crippen molar-refractivity contribution < 1.29 is 11.0 Å².